The highest BCUT2D eigenvalue weighted by Gasteiger charge is 2.30. The summed E-state index contributed by atoms with van der Waals surface area (Å²) in [7, 11) is 0. The highest BCUT2D eigenvalue weighted by Crippen LogP contribution is 2.39. The zero-order valence-corrected chi connectivity index (χ0v) is 15.5. The van der Waals surface area contributed by atoms with Crippen molar-refractivity contribution in [2.24, 2.45) is 0 Å². The van der Waals surface area contributed by atoms with Crippen LogP contribution in [0.2, 0.25) is 0 Å². The van der Waals surface area contributed by atoms with Crippen molar-refractivity contribution < 1.29 is 4.79 Å². The van der Waals surface area contributed by atoms with E-state index in [0.29, 0.717) is 16.8 Å². The SMILES string of the molecule is Nn1c(SCC(=O)NC2CCN(Cc3ccccc3)C2)nnc1C1CC1. The van der Waals surface area contributed by atoms with Gasteiger partial charge in [-0.3, -0.25) is 9.69 Å². The fourth-order valence-electron chi connectivity index (χ4n) is 3.34. The molecule has 1 aromatic carbocycles. The number of hydrogen-bond acceptors (Lipinski definition) is 6. The highest BCUT2D eigenvalue weighted by molar-refractivity contribution is 7.99. The van der Waals surface area contributed by atoms with Gasteiger partial charge in [-0.05, 0) is 24.8 Å². The predicted molar refractivity (Wildman–Crippen MR) is 101 cm³/mol. The molecule has 2 aliphatic rings. The topological polar surface area (TPSA) is 89.1 Å². The Morgan fingerprint density at radius 1 is 1.23 bits per heavy atom. The maximum absolute atomic E-state index is 12.3. The van der Waals surface area contributed by atoms with Crippen molar-refractivity contribution in [1.82, 2.24) is 25.1 Å². The molecule has 3 N–H and O–H groups in total. The van der Waals surface area contributed by atoms with Crippen molar-refractivity contribution in [2.45, 2.75) is 42.9 Å². The van der Waals surface area contributed by atoms with Gasteiger partial charge in [0.1, 0.15) is 0 Å². The predicted octanol–water partition coefficient (Wildman–Crippen LogP) is 1.35. The maximum Gasteiger partial charge on any atom is 0.230 e. The van der Waals surface area contributed by atoms with Crippen LogP contribution in [0.4, 0.5) is 0 Å². The molecule has 1 saturated carbocycles. The zero-order valence-electron chi connectivity index (χ0n) is 14.7. The Morgan fingerprint density at radius 2 is 2.04 bits per heavy atom. The summed E-state index contributed by atoms with van der Waals surface area (Å²) in [5.74, 6) is 7.64. The number of nitrogens with zero attached hydrogens (tertiary/aromatic N) is 4. The van der Waals surface area contributed by atoms with Gasteiger partial charge < -0.3 is 11.2 Å². The first-order valence-electron chi connectivity index (χ1n) is 9.08. The Kier molecular flexibility index (Phi) is 5.12. The Hall–Kier alpha value is -2.06. The third kappa shape index (κ3) is 4.19. The quantitative estimate of drug-likeness (QED) is 0.563. The fourth-order valence-corrected chi connectivity index (χ4v) is 4.02. The first kappa shape index (κ1) is 17.4. The number of carbonyl (C=O) groups excluding carboxylic acids is 1. The van der Waals surface area contributed by atoms with Crippen LogP contribution in [-0.2, 0) is 11.3 Å². The van der Waals surface area contributed by atoms with Gasteiger partial charge in [0, 0.05) is 31.6 Å². The molecule has 1 unspecified atom stereocenters. The van der Waals surface area contributed by atoms with Gasteiger partial charge >= 0.3 is 0 Å². The van der Waals surface area contributed by atoms with Gasteiger partial charge in [-0.25, -0.2) is 4.68 Å². The van der Waals surface area contributed by atoms with E-state index in [0.717, 1.165) is 44.7 Å². The molecule has 1 aliphatic heterocycles. The number of nitrogens with two attached hydrogens (primary N) is 1. The Balaban J connectivity index is 1.21. The molecule has 2 aromatic rings. The largest absolute Gasteiger partial charge is 0.351 e. The molecule has 1 amide bonds. The van der Waals surface area contributed by atoms with E-state index < -0.39 is 0 Å². The normalized spacial score (nSPS) is 20.4. The van der Waals surface area contributed by atoms with Gasteiger partial charge in [0.15, 0.2) is 5.82 Å². The van der Waals surface area contributed by atoms with Crippen LogP contribution < -0.4 is 11.2 Å². The molecule has 8 heteroatoms. The van der Waals surface area contributed by atoms with E-state index in [1.54, 1.807) is 0 Å². The number of carbonyl (C=O) groups is 1. The summed E-state index contributed by atoms with van der Waals surface area (Å²) in [5, 5.41) is 12.0. The second-order valence-corrected chi connectivity index (χ2v) is 7.99. The van der Waals surface area contributed by atoms with Gasteiger partial charge in [0.2, 0.25) is 11.1 Å². The summed E-state index contributed by atoms with van der Waals surface area (Å²) >= 11 is 1.35. The molecule has 1 atom stereocenters. The first-order valence-corrected chi connectivity index (χ1v) is 10.1. The summed E-state index contributed by atoms with van der Waals surface area (Å²) < 4.78 is 1.53. The number of hydrogen-bond donors (Lipinski definition) is 2. The second-order valence-electron chi connectivity index (χ2n) is 7.05. The van der Waals surface area contributed by atoms with E-state index in [9.17, 15) is 4.79 Å². The number of amides is 1. The van der Waals surface area contributed by atoms with Crippen LogP contribution >= 0.6 is 11.8 Å². The molecular weight excluding hydrogens is 348 g/mol. The zero-order chi connectivity index (χ0) is 17.9. The summed E-state index contributed by atoms with van der Waals surface area (Å²) in [6.45, 7) is 2.83. The summed E-state index contributed by atoms with van der Waals surface area (Å²) in [5.41, 5.74) is 1.31. The highest BCUT2D eigenvalue weighted by atomic mass is 32.2. The number of nitrogens with one attached hydrogen (secondary N) is 1. The van der Waals surface area contributed by atoms with Gasteiger partial charge in [0.05, 0.1) is 5.75 Å². The monoisotopic (exact) mass is 372 g/mol. The number of rotatable bonds is 7. The number of benzene rings is 1. The summed E-state index contributed by atoms with van der Waals surface area (Å²) in [6, 6.07) is 10.6. The molecule has 4 rings (SSSR count). The van der Waals surface area contributed by atoms with E-state index in [4.69, 9.17) is 5.84 Å². The van der Waals surface area contributed by atoms with Crippen molar-refractivity contribution in [2.75, 3.05) is 24.7 Å². The first-order chi connectivity index (χ1) is 12.7. The number of aromatic nitrogens is 3. The molecule has 1 aromatic heterocycles. The minimum atomic E-state index is 0.0255. The minimum absolute atomic E-state index is 0.0255. The molecule has 7 nitrogen and oxygen atoms in total. The average Bonchev–Trinajstić information content (AvgIpc) is 3.29. The Bertz CT molecular complexity index is 760. The smallest absolute Gasteiger partial charge is 0.230 e. The number of thioether (sulfide) groups is 1. The van der Waals surface area contributed by atoms with Gasteiger partial charge in [-0.2, -0.15) is 0 Å². The lowest BCUT2D eigenvalue weighted by atomic mass is 10.2. The summed E-state index contributed by atoms with van der Waals surface area (Å²) in [4.78, 5) is 14.6. The van der Waals surface area contributed by atoms with Crippen LogP contribution in [0.25, 0.3) is 0 Å². The second kappa shape index (κ2) is 7.67. The summed E-state index contributed by atoms with van der Waals surface area (Å²) in [6.07, 6.45) is 3.24. The molecule has 2 fully saturated rings. The average molecular weight is 372 g/mol. The lowest BCUT2D eigenvalue weighted by Gasteiger charge is -2.16. The molecule has 0 spiro atoms. The van der Waals surface area contributed by atoms with E-state index in [-0.39, 0.29) is 11.9 Å². The van der Waals surface area contributed by atoms with Gasteiger partial charge in [0.25, 0.3) is 0 Å². The molecule has 26 heavy (non-hydrogen) atoms. The third-order valence-corrected chi connectivity index (χ3v) is 5.80. The van der Waals surface area contributed by atoms with Gasteiger partial charge in [-0.15, -0.1) is 10.2 Å². The Morgan fingerprint density at radius 3 is 2.81 bits per heavy atom. The molecule has 0 radical (unpaired) electrons. The van der Waals surface area contributed by atoms with Crippen LogP contribution in [0.5, 0.6) is 0 Å². The maximum atomic E-state index is 12.3. The van der Waals surface area contributed by atoms with E-state index in [1.165, 1.54) is 22.0 Å². The van der Waals surface area contributed by atoms with E-state index in [1.807, 2.05) is 6.07 Å². The van der Waals surface area contributed by atoms with Crippen LogP contribution in [-0.4, -0.2) is 50.6 Å². The van der Waals surface area contributed by atoms with Crippen LogP contribution in [0, 0.1) is 0 Å². The fraction of sp³-hybridized carbons (Fsp3) is 0.500. The lowest BCUT2D eigenvalue weighted by Crippen LogP contribution is -2.38. The molecule has 0 bridgehead atoms. The van der Waals surface area contributed by atoms with Crippen molar-refractivity contribution in [1.29, 1.82) is 0 Å². The molecular formula is C18H24N6OS. The van der Waals surface area contributed by atoms with Gasteiger partial charge in [-0.1, -0.05) is 42.1 Å². The molecule has 1 aliphatic carbocycles. The molecule has 1 saturated heterocycles. The van der Waals surface area contributed by atoms with Crippen molar-refractivity contribution >= 4 is 17.7 Å². The van der Waals surface area contributed by atoms with Crippen LogP contribution in [0.15, 0.2) is 35.5 Å². The number of likely N-dealkylation sites (tertiary alicyclic amines) is 1. The van der Waals surface area contributed by atoms with Crippen molar-refractivity contribution in [3.63, 3.8) is 0 Å². The van der Waals surface area contributed by atoms with Crippen molar-refractivity contribution in [3.8, 4) is 0 Å². The third-order valence-electron chi connectivity index (χ3n) is 4.85. The minimum Gasteiger partial charge on any atom is -0.351 e. The van der Waals surface area contributed by atoms with Crippen LogP contribution in [0.3, 0.4) is 0 Å². The number of nitrogen functional groups attached to an aromatic ring is 1. The van der Waals surface area contributed by atoms with Crippen molar-refractivity contribution in [3.05, 3.63) is 41.7 Å². The van der Waals surface area contributed by atoms with Crippen LogP contribution in [0.1, 0.15) is 36.6 Å². The standard InChI is InChI=1S/C18H24N6OS/c19-24-17(14-6-7-14)21-22-18(24)26-12-16(25)20-15-8-9-23(11-15)10-13-4-2-1-3-5-13/h1-5,14-15H,6-12,19H2,(H,20,25). The van der Waals surface area contributed by atoms with E-state index >= 15 is 0 Å². The van der Waals surface area contributed by atoms with E-state index in [2.05, 4.69) is 44.7 Å². The molecule has 138 valence electrons. The lowest BCUT2D eigenvalue weighted by molar-refractivity contribution is -0.119. The Labute approximate surface area is 157 Å². The molecule has 2 heterocycles.